The van der Waals surface area contributed by atoms with Crippen molar-refractivity contribution in [1.82, 2.24) is 38.2 Å². The Hall–Kier alpha value is -2.08. The topological polar surface area (TPSA) is 71.3 Å². The second-order valence-electron chi connectivity index (χ2n) is 11.3. The predicted molar refractivity (Wildman–Crippen MR) is 207 cm³/mol. The van der Waals surface area contributed by atoms with Gasteiger partial charge in [0.25, 0.3) is 0 Å². The summed E-state index contributed by atoms with van der Waals surface area (Å²) >= 11 is 15.8. The Labute approximate surface area is 386 Å². The number of aryl methyl sites for hydroxylation is 4. The van der Waals surface area contributed by atoms with Gasteiger partial charge in [0.05, 0.1) is 25.3 Å². The molecule has 4 aromatic heterocycles. The van der Waals surface area contributed by atoms with E-state index in [1.807, 2.05) is 83.5 Å². The van der Waals surface area contributed by atoms with E-state index in [4.69, 9.17) is 0 Å². The molecule has 0 unspecified atom stereocenters. The van der Waals surface area contributed by atoms with E-state index in [0.717, 1.165) is 26.2 Å². The molecule has 0 bridgehead atoms. The van der Waals surface area contributed by atoms with Crippen LogP contribution in [0.1, 0.15) is 55.6 Å². The number of halogens is 4. The molecule has 0 fully saturated rings. The molecule has 6 rings (SSSR count). The van der Waals surface area contributed by atoms with Crippen molar-refractivity contribution >= 4 is 57.5 Å². The second kappa shape index (κ2) is 31.1. The van der Waals surface area contributed by atoms with E-state index in [2.05, 4.69) is 141 Å². The van der Waals surface area contributed by atoms with Gasteiger partial charge in [0, 0.05) is 84.4 Å². The summed E-state index contributed by atoms with van der Waals surface area (Å²) in [4.78, 5) is 16.5. The molecule has 54 heavy (non-hydrogen) atoms. The van der Waals surface area contributed by atoms with Crippen molar-refractivity contribution in [3.05, 3.63) is 143 Å². The zero-order chi connectivity index (χ0) is 35.1. The van der Waals surface area contributed by atoms with Gasteiger partial charge in [-0.3, -0.25) is 0 Å². The van der Waals surface area contributed by atoms with E-state index in [-0.39, 0.29) is 83.8 Å². The molecule has 0 saturated carbocycles. The molecule has 0 aliphatic rings. The standard InChI is InChI=1S/2C17H20N4.2CS2.4ClH.2Cu/c2*1-13-8-14(2)17(10-21-7-5-19-12-21)15(3)16(13)9-20-6-4-18-11-20;2*2-1-3;;;;;;/h2*4-8,11-12H,9-10H2,1-3H3;;;4*1H;;/q;;;;;;;;2*+2/p-4. The fourth-order valence-corrected chi connectivity index (χ4v) is 5.77. The van der Waals surface area contributed by atoms with Crippen molar-refractivity contribution < 1.29 is 83.8 Å². The van der Waals surface area contributed by atoms with Gasteiger partial charge in [-0.25, -0.2) is 19.9 Å². The van der Waals surface area contributed by atoms with Crippen LogP contribution in [0.3, 0.4) is 0 Å². The van der Waals surface area contributed by atoms with Crippen molar-refractivity contribution in [2.45, 2.75) is 67.7 Å². The Kier molecular flexibility index (Phi) is 33.7. The Morgan fingerprint density at radius 3 is 0.759 bits per heavy atom. The summed E-state index contributed by atoms with van der Waals surface area (Å²) in [5.41, 5.74) is 13.6. The number of aromatic nitrogens is 8. The summed E-state index contributed by atoms with van der Waals surface area (Å²) in [6.45, 7) is 16.7. The molecule has 0 saturated heterocycles. The third-order valence-corrected chi connectivity index (χ3v) is 8.18. The number of rotatable bonds is 8. The van der Waals surface area contributed by atoms with Crippen LogP contribution in [0.5, 0.6) is 0 Å². The van der Waals surface area contributed by atoms with Crippen LogP contribution < -0.4 is 49.6 Å². The largest absolute Gasteiger partial charge is 2.00 e. The van der Waals surface area contributed by atoms with Crippen LogP contribution in [-0.4, -0.2) is 46.8 Å². The smallest absolute Gasteiger partial charge is 1.00 e. The minimum Gasteiger partial charge on any atom is -1.00 e. The monoisotopic (exact) mass is 978 g/mol. The van der Waals surface area contributed by atoms with E-state index in [1.54, 1.807) is 0 Å². The van der Waals surface area contributed by atoms with Crippen LogP contribution in [0.15, 0.2) is 87.0 Å². The maximum atomic E-state index is 4.13. The third-order valence-electron chi connectivity index (χ3n) is 8.18. The minimum absolute atomic E-state index is 0. The van der Waals surface area contributed by atoms with Crippen molar-refractivity contribution in [2.24, 2.45) is 0 Å². The summed E-state index contributed by atoms with van der Waals surface area (Å²) < 4.78 is 12.3. The molecule has 0 aliphatic carbocycles. The van der Waals surface area contributed by atoms with Crippen LogP contribution in [0, 0.1) is 41.5 Å². The van der Waals surface area contributed by atoms with Crippen molar-refractivity contribution in [3.8, 4) is 0 Å². The molecule has 8 nitrogen and oxygen atoms in total. The molecular formula is C36H40Cl4Cu2N8S4. The van der Waals surface area contributed by atoms with E-state index in [9.17, 15) is 0 Å². The number of hydrogen-bond donors (Lipinski definition) is 0. The third kappa shape index (κ3) is 17.8. The second-order valence-corrected chi connectivity index (χ2v) is 12.6. The maximum Gasteiger partial charge on any atom is 2.00 e. The van der Waals surface area contributed by atoms with Crippen LogP contribution >= 0.6 is 48.9 Å². The minimum atomic E-state index is 0. The van der Waals surface area contributed by atoms with Gasteiger partial charge in [0.2, 0.25) is 0 Å². The van der Waals surface area contributed by atoms with Crippen molar-refractivity contribution in [2.75, 3.05) is 0 Å². The van der Waals surface area contributed by atoms with Gasteiger partial charge in [-0.2, -0.15) is 0 Å². The first-order valence-electron chi connectivity index (χ1n) is 15.1. The van der Waals surface area contributed by atoms with Gasteiger partial charge in [-0.05, 0) is 146 Å². The van der Waals surface area contributed by atoms with Crippen LogP contribution in [0.4, 0.5) is 0 Å². The van der Waals surface area contributed by atoms with Crippen LogP contribution in [0.2, 0.25) is 0 Å². The normalized spacial score (nSPS) is 8.85. The number of nitrogens with zero attached hydrogens (tertiary/aromatic N) is 8. The van der Waals surface area contributed by atoms with Gasteiger partial charge >= 0.3 is 34.1 Å². The average molecular weight is 982 g/mol. The Bertz CT molecular complexity index is 1680. The summed E-state index contributed by atoms with van der Waals surface area (Å²) in [7, 11) is 0. The van der Waals surface area contributed by atoms with Crippen LogP contribution in [0.25, 0.3) is 0 Å². The van der Waals surface area contributed by atoms with Gasteiger partial charge in [0.1, 0.15) is 0 Å². The summed E-state index contributed by atoms with van der Waals surface area (Å²) in [5.74, 6) is 0. The molecule has 0 spiro atoms. The first-order valence-corrected chi connectivity index (χ1v) is 16.7. The SMILES string of the molecule is Cc1cc(C)c(Cn2ccnc2)c(C)c1Cn1ccnc1.Cc1cc(C)c(Cn2ccnc2)c(C)c1Cn1ccnc1.S=C=S.S=C=S.[Cl-].[Cl-].[Cl-].[Cl-].[Cu+2].[Cu+2]. The predicted octanol–water partition coefficient (Wildman–Crippen LogP) is -3.75. The summed E-state index contributed by atoms with van der Waals surface area (Å²) in [6.07, 6.45) is 22.8. The van der Waals surface area contributed by atoms with E-state index < -0.39 is 0 Å². The molecule has 0 amide bonds. The number of benzene rings is 2. The number of imidazole rings is 4. The molecule has 18 heteroatoms. The molecule has 0 aliphatic heterocycles. The summed E-state index contributed by atoms with van der Waals surface area (Å²) in [5, 5.41) is 0. The number of hydrogen-bond acceptors (Lipinski definition) is 8. The molecule has 2 radical (unpaired) electrons. The number of thiocarbonyl (C=S) groups is 4. The Balaban J connectivity index is -0.000000368. The molecule has 4 heterocycles. The fourth-order valence-electron chi connectivity index (χ4n) is 5.77. The van der Waals surface area contributed by atoms with Gasteiger partial charge in [-0.1, -0.05) is 12.1 Å². The van der Waals surface area contributed by atoms with E-state index in [1.165, 1.54) is 55.6 Å². The molecule has 0 N–H and O–H groups in total. The quantitative estimate of drug-likeness (QED) is 0.114. The van der Waals surface area contributed by atoms with Crippen molar-refractivity contribution in [1.29, 1.82) is 0 Å². The van der Waals surface area contributed by atoms with E-state index in [0.29, 0.717) is 0 Å². The fraction of sp³-hybridized carbons (Fsp3) is 0.278. The Morgan fingerprint density at radius 2 is 0.611 bits per heavy atom. The maximum absolute atomic E-state index is 4.13. The van der Waals surface area contributed by atoms with Gasteiger partial charge in [-0.15, -0.1) is 0 Å². The molecular weight excluding hydrogens is 942 g/mol. The molecule has 2 aromatic carbocycles. The summed E-state index contributed by atoms with van der Waals surface area (Å²) in [6, 6.07) is 4.57. The zero-order valence-electron chi connectivity index (χ0n) is 30.2. The molecule has 0 atom stereocenters. The first-order chi connectivity index (χ1) is 23.1. The van der Waals surface area contributed by atoms with E-state index >= 15 is 0 Å². The Morgan fingerprint density at radius 1 is 0.426 bits per heavy atom. The molecule has 298 valence electrons. The van der Waals surface area contributed by atoms with Gasteiger partial charge < -0.3 is 67.9 Å². The van der Waals surface area contributed by atoms with Gasteiger partial charge in [0.15, 0.2) is 0 Å². The average Bonchev–Trinajstić information content (AvgIpc) is 3.89. The zero-order valence-corrected chi connectivity index (χ0v) is 38.4. The molecule has 6 aromatic rings. The van der Waals surface area contributed by atoms with Crippen molar-refractivity contribution in [3.63, 3.8) is 0 Å². The van der Waals surface area contributed by atoms with Crippen LogP contribution in [-0.2, 0) is 60.3 Å². The first kappa shape index (κ1) is 58.6.